The smallest absolute Gasteiger partial charge is 0.274 e. The Bertz CT molecular complexity index is 876. The van der Waals surface area contributed by atoms with Crippen molar-refractivity contribution in [1.82, 2.24) is 15.1 Å². The molecule has 1 saturated heterocycles. The molecule has 1 fully saturated rings. The number of anilines is 1. The van der Waals surface area contributed by atoms with Gasteiger partial charge in [0, 0.05) is 49.9 Å². The lowest BCUT2D eigenvalue weighted by Crippen LogP contribution is -2.49. The van der Waals surface area contributed by atoms with Gasteiger partial charge in [-0.2, -0.15) is 5.10 Å². The SMILES string of the molecule is COc1cc(N2CCN(C(=O)c3n[nH]c4c3C[C@H](C)O[C@@H]4C)CC2)ccc1F. The lowest BCUT2D eigenvalue weighted by molar-refractivity contribution is -0.00702. The maximum absolute atomic E-state index is 13.6. The second-order valence-electron chi connectivity index (χ2n) is 7.36. The highest BCUT2D eigenvalue weighted by molar-refractivity contribution is 5.94. The van der Waals surface area contributed by atoms with Gasteiger partial charge in [-0.15, -0.1) is 0 Å². The van der Waals surface area contributed by atoms with Gasteiger partial charge in [-0.1, -0.05) is 0 Å². The van der Waals surface area contributed by atoms with Gasteiger partial charge in [0.1, 0.15) is 0 Å². The quantitative estimate of drug-likeness (QED) is 0.875. The van der Waals surface area contributed by atoms with Gasteiger partial charge >= 0.3 is 0 Å². The largest absolute Gasteiger partial charge is 0.494 e. The first kappa shape index (κ1) is 18.7. The number of fused-ring (bicyclic) bond motifs is 1. The first-order valence-corrected chi connectivity index (χ1v) is 9.58. The minimum atomic E-state index is -0.379. The maximum atomic E-state index is 13.6. The summed E-state index contributed by atoms with van der Waals surface area (Å²) in [6.07, 6.45) is 0.669. The van der Waals surface area contributed by atoms with Crippen LogP contribution in [-0.2, 0) is 11.2 Å². The number of nitrogens with one attached hydrogen (secondary N) is 1. The summed E-state index contributed by atoms with van der Waals surface area (Å²) >= 11 is 0. The van der Waals surface area contributed by atoms with Crippen molar-refractivity contribution in [2.45, 2.75) is 32.5 Å². The highest BCUT2D eigenvalue weighted by Crippen LogP contribution is 2.31. The van der Waals surface area contributed by atoms with Gasteiger partial charge in [0.15, 0.2) is 17.3 Å². The molecule has 1 aromatic heterocycles. The molecule has 2 aliphatic heterocycles. The van der Waals surface area contributed by atoms with Crippen molar-refractivity contribution in [3.8, 4) is 5.75 Å². The molecule has 0 spiro atoms. The molecule has 1 amide bonds. The van der Waals surface area contributed by atoms with E-state index in [1.54, 1.807) is 12.1 Å². The Morgan fingerprint density at radius 2 is 2.04 bits per heavy atom. The molecule has 150 valence electrons. The van der Waals surface area contributed by atoms with Crippen molar-refractivity contribution in [2.75, 3.05) is 38.2 Å². The van der Waals surface area contributed by atoms with E-state index in [-0.39, 0.29) is 29.7 Å². The van der Waals surface area contributed by atoms with Crippen molar-refractivity contribution in [1.29, 1.82) is 0 Å². The zero-order chi connectivity index (χ0) is 19.8. The summed E-state index contributed by atoms with van der Waals surface area (Å²) in [6.45, 7) is 6.49. The maximum Gasteiger partial charge on any atom is 0.274 e. The summed E-state index contributed by atoms with van der Waals surface area (Å²) in [7, 11) is 1.45. The summed E-state index contributed by atoms with van der Waals surface area (Å²) in [6, 6.07) is 4.84. The van der Waals surface area contributed by atoms with Crippen LogP contribution in [0.25, 0.3) is 0 Å². The number of rotatable bonds is 3. The number of ether oxygens (including phenoxy) is 2. The van der Waals surface area contributed by atoms with Crippen molar-refractivity contribution < 1.29 is 18.7 Å². The Morgan fingerprint density at radius 3 is 2.75 bits per heavy atom. The summed E-state index contributed by atoms with van der Waals surface area (Å²) in [5.41, 5.74) is 3.27. The number of carbonyl (C=O) groups excluding carboxylic acids is 1. The third-order valence-corrected chi connectivity index (χ3v) is 5.50. The molecule has 4 rings (SSSR count). The molecule has 0 unspecified atom stereocenters. The Labute approximate surface area is 163 Å². The van der Waals surface area contributed by atoms with E-state index in [4.69, 9.17) is 9.47 Å². The predicted molar refractivity (Wildman–Crippen MR) is 102 cm³/mol. The number of methoxy groups -OCH3 is 1. The highest BCUT2D eigenvalue weighted by Gasteiger charge is 2.32. The number of carbonyl (C=O) groups is 1. The van der Waals surface area contributed by atoms with Gasteiger partial charge in [0.2, 0.25) is 0 Å². The summed E-state index contributed by atoms with van der Waals surface area (Å²) in [5.74, 6) is -0.199. The Balaban J connectivity index is 1.45. The van der Waals surface area contributed by atoms with Gasteiger partial charge in [-0.25, -0.2) is 4.39 Å². The molecule has 0 saturated carbocycles. The van der Waals surface area contributed by atoms with Crippen molar-refractivity contribution in [3.05, 3.63) is 41.0 Å². The number of amides is 1. The van der Waals surface area contributed by atoms with Crippen LogP contribution in [0.4, 0.5) is 10.1 Å². The second kappa shape index (κ2) is 7.43. The average molecular weight is 388 g/mol. The molecule has 3 heterocycles. The number of H-pyrrole nitrogens is 1. The van der Waals surface area contributed by atoms with E-state index in [9.17, 15) is 9.18 Å². The molecule has 7 nitrogen and oxygen atoms in total. The third kappa shape index (κ3) is 3.32. The van der Waals surface area contributed by atoms with Crippen LogP contribution in [0.3, 0.4) is 0 Å². The molecule has 0 radical (unpaired) electrons. The average Bonchev–Trinajstić information content (AvgIpc) is 3.12. The van der Waals surface area contributed by atoms with Crippen LogP contribution in [0.5, 0.6) is 5.75 Å². The summed E-state index contributed by atoms with van der Waals surface area (Å²) in [4.78, 5) is 17.0. The molecule has 0 aliphatic carbocycles. The fourth-order valence-electron chi connectivity index (χ4n) is 4.01. The molecule has 2 aromatic rings. The van der Waals surface area contributed by atoms with Crippen LogP contribution in [0.1, 0.15) is 41.7 Å². The third-order valence-electron chi connectivity index (χ3n) is 5.50. The van der Waals surface area contributed by atoms with E-state index in [0.29, 0.717) is 38.3 Å². The van der Waals surface area contributed by atoms with Gasteiger partial charge in [-0.05, 0) is 26.0 Å². The van der Waals surface area contributed by atoms with E-state index in [2.05, 4.69) is 15.1 Å². The van der Waals surface area contributed by atoms with Gasteiger partial charge in [0.05, 0.1) is 25.0 Å². The lowest BCUT2D eigenvalue weighted by atomic mass is 9.99. The molecular weight excluding hydrogens is 363 g/mol. The number of hydrogen-bond acceptors (Lipinski definition) is 5. The molecule has 0 bridgehead atoms. The van der Waals surface area contributed by atoms with Gasteiger partial charge in [-0.3, -0.25) is 9.89 Å². The second-order valence-corrected chi connectivity index (χ2v) is 7.36. The van der Waals surface area contributed by atoms with Gasteiger partial charge < -0.3 is 19.3 Å². The normalized spacial score (nSPS) is 22.1. The molecule has 1 aromatic carbocycles. The van der Waals surface area contributed by atoms with E-state index in [0.717, 1.165) is 16.9 Å². The molecule has 28 heavy (non-hydrogen) atoms. The van der Waals surface area contributed by atoms with E-state index in [1.165, 1.54) is 13.2 Å². The number of piperazine rings is 1. The molecular formula is C20H25FN4O3. The van der Waals surface area contributed by atoms with Crippen LogP contribution in [0.2, 0.25) is 0 Å². The number of nitrogens with zero attached hydrogens (tertiary/aromatic N) is 3. The number of aromatic amines is 1. The van der Waals surface area contributed by atoms with Crippen LogP contribution in [0, 0.1) is 5.82 Å². The van der Waals surface area contributed by atoms with Crippen LogP contribution in [-0.4, -0.2) is 60.4 Å². The number of aromatic nitrogens is 2. The monoisotopic (exact) mass is 388 g/mol. The van der Waals surface area contributed by atoms with Gasteiger partial charge in [0.25, 0.3) is 5.91 Å². The Hall–Kier alpha value is -2.61. The number of benzene rings is 1. The highest BCUT2D eigenvalue weighted by atomic mass is 19.1. The Morgan fingerprint density at radius 1 is 1.29 bits per heavy atom. The first-order valence-electron chi connectivity index (χ1n) is 9.58. The predicted octanol–water partition coefficient (Wildman–Crippen LogP) is 2.54. The number of halogens is 1. The topological polar surface area (TPSA) is 70.7 Å². The minimum absolute atomic E-state index is 0.0462. The molecule has 8 heteroatoms. The fraction of sp³-hybridized carbons (Fsp3) is 0.500. The number of hydrogen-bond donors (Lipinski definition) is 1. The summed E-state index contributed by atoms with van der Waals surface area (Å²) < 4.78 is 24.5. The van der Waals surface area contributed by atoms with Crippen molar-refractivity contribution >= 4 is 11.6 Å². The van der Waals surface area contributed by atoms with Crippen molar-refractivity contribution in [3.63, 3.8) is 0 Å². The van der Waals surface area contributed by atoms with E-state index in [1.807, 2.05) is 18.7 Å². The van der Waals surface area contributed by atoms with Crippen molar-refractivity contribution in [2.24, 2.45) is 0 Å². The minimum Gasteiger partial charge on any atom is -0.494 e. The summed E-state index contributed by atoms with van der Waals surface area (Å²) in [5, 5.41) is 7.29. The zero-order valence-corrected chi connectivity index (χ0v) is 16.4. The molecule has 2 atom stereocenters. The lowest BCUT2D eigenvalue weighted by Gasteiger charge is -2.36. The Kier molecular flexibility index (Phi) is 4.97. The standard InChI is InChI=1S/C20H25FN4O3/c1-12-10-15-18(13(2)28-12)22-23-19(15)20(26)25-8-6-24(7-9-25)14-4-5-16(21)17(11-14)27-3/h4-5,11-13H,6-10H2,1-3H3,(H,22,23)/t12-,13+/m0/s1. The zero-order valence-electron chi connectivity index (χ0n) is 16.4. The van der Waals surface area contributed by atoms with E-state index < -0.39 is 0 Å². The van der Waals surface area contributed by atoms with Crippen LogP contribution in [0.15, 0.2) is 18.2 Å². The van der Waals surface area contributed by atoms with Crippen LogP contribution < -0.4 is 9.64 Å². The molecule has 2 aliphatic rings. The van der Waals surface area contributed by atoms with Crippen LogP contribution >= 0.6 is 0 Å². The first-order chi connectivity index (χ1) is 13.5. The fourth-order valence-corrected chi connectivity index (χ4v) is 4.01. The molecule has 1 N–H and O–H groups in total. The van der Waals surface area contributed by atoms with E-state index >= 15 is 0 Å².